The molecular weight excluding hydrogens is 330 g/mol. The van der Waals surface area contributed by atoms with Crippen LogP contribution in [-0.4, -0.2) is 77.8 Å². The number of hydrogen-bond acceptors (Lipinski definition) is 6. The normalized spacial score (nSPS) is 16.2. The summed E-state index contributed by atoms with van der Waals surface area (Å²) in [6.45, 7) is 3.93. The van der Waals surface area contributed by atoms with Gasteiger partial charge in [0.05, 0.1) is 6.04 Å². The summed E-state index contributed by atoms with van der Waals surface area (Å²) >= 11 is 1.76. The van der Waals surface area contributed by atoms with Gasteiger partial charge in [-0.15, -0.1) is 0 Å². The number of carboxylic acid groups (broad SMARTS) is 1. The SMILES string of the molecule is CC(=O)O.CNCCCSC[C@H](N)C(=O)N1CCC(CCO)CC1. The van der Waals surface area contributed by atoms with Crippen molar-refractivity contribution in [3.05, 3.63) is 0 Å². The lowest BCUT2D eigenvalue weighted by Gasteiger charge is -2.33. The second-order valence-electron chi connectivity index (χ2n) is 5.94. The molecule has 0 unspecified atom stereocenters. The number of likely N-dealkylation sites (tertiary alicyclic amines) is 1. The third-order valence-corrected chi connectivity index (χ3v) is 4.97. The minimum Gasteiger partial charge on any atom is -0.481 e. The lowest BCUT2D eigenvalue weighted by molar-refractivity contribution is -0.134. The van der Waals surface area contributed by atoms with Gasteiger partial charge < -0.3 is 26.2 Å². The van der Waals surface area contributed by atoms with Gasteiger partial charge in [-0.2, -0.15) is 11.8 Å². The first-order valence-electron chi connectivity index (χ1n) is 8.49. The van der Waals surface area contributed by atoms with Crippen LogP contribution in [-0.2, 0) is 9.59 Å². The Hall–Kier alpha value is -0.830. The second kappa shape index (κ2) is 14.5. The lowest BCUT2D eigenvalue weighted by atomic mass is 9.93. The van der Waals surface area contributed by atoms with Gasteiger partial charge >= 0.3 is 0 Å². The molecule has 0 aliphatic carbocycles. The molecule has 0 saturated carbocycles. The molecule has 24 heavy (non-hydrogen) atoms. The molecule has 1 rings (SSSR count). The number of nitrogens with one attached hydrogen (secondary N) is 1. The van der Waals surface area contributed by atoms with Crippen molar-refractivity contribution in [2.75, 3.05) is 44.8 Å². The summed E-state index contributed by atoms with van der Waals surface area (Å²) in [4.78, 5) is 23.1. The Kier molecular flexibility index (Phi) is 14.0. The van der Waals surface area contributed by atoms with E-state index in [1.165, 1.54) is 0 Å². The topological polar surface area (TPSA) is 116 Å². The Morgan fingerprint density at radius 3 is 2.46 bits per heavy atom. The van der Waals surface area contributed by atoms with Crippen LogP contribution >= 0.6 is 11.8 Å². The number of nitrogens with two attached hydrogens (primary N) is 1. The van der Waals surface area contributed by atoms with Crippen molar-refractivity contribution in [2.45, 2.75) is 38.6 Å². The molecule has 0 radical (unpaired) electrons. The molecule has 1 saturated heterocycles. The van der Waals surface area contributed by atoms with Crippen molar-refractivity contribution < 1.29 is 19.8 Å². The molecule has 0 aromatic rings. The van der Waals surface area contributed by atoms with Crippen molar-refractivity contribution >= 4 is 23.6 Å². The average Bonchev–Trinajstić information content (AvgIpc) is 2.54. The molecule has 0 spiro atoms. The highest BCUT2D eigenvalue weighted by Gasteiger charge is 2.25. The van der Waals surface area contributed by atoms with Gasteiger partial charge in [0.25, 0.3) is 5.97 Å². The van der Waals surface area contributed by atoms with Crippen molar-refractivity contribution in [1.82, 2.24) is 10.2 Å². The number of hydrogen-bond donors (Lipinski definition) is 4. The number of aliphatic carboxylic acids is 1. The van der Waals surface area contributed by atoms with Crippen LogP contribution in [0.3, 0.4) is 0 Å². The van der Waals surface area contributed by atoms with E-state index in [-0.39, 0.29) is 18.6 Å². The first kappa shape index (κ1) is 23.2. The van der Waals surface area contributed by atoms with Gasteiger partial charge in [0.15, 0.2) is 0 Å². The van der Waals surface area contributed by atoms with Gasteiger partial charge in [0, 0.05) is 32.4 Å². The van der Waals surface area contributed by atoms with Crippen LogP contribution in [0.25, 0.3) is 0 Å². The summed E-state index contributed by atoms with van der Waals surface area (Å²) in [6, 6.07) is -0.371. The molecule has 1 aliphatic heterocycles. The molecule has 0 bridgehead atoms. The molecule has 142 valence electrons. The first-order valence-corrected chi connectivity index (χ1v) is 9.64. The molecule has 0 aromatic heterocycles. The number of carbonyl (C=O) groups excluding carboxylic acids is 1. The number of aliphatic hydroxyl groups is 1. The van der Waals surface area contributed by atoms with Crippen LogP contribution in [0.1, 0.15) is 32.6 Å². The maximum Gasteiger partial charge on any atom is 0.300 e. The number of aliphatic hydroxyl groups excluding tert-OH is 1. The minimum atomic E-state index is -0.833. The Bertz CT molecular complexity index is 346. The molecule has 1 atom stereocenters. The van der Waals surface area contributed by atoms with Crippen LogP contribution in [0.5, 0.6) is 0 Å². The van der Waals surface area contributed by atoms with E-state index < -0.39 is 5.97 Å². The molecule has 1 fully saturated rings. The monoisotopic (exact) mass is 363 g/mol. The molecule has 8 heteroatoms. The zero-order valence-corrected chi connectivity index (χ0v) is 15.7. The fraction of sp³-hybridized carbons (Fsp3) is 0.875. The third-order valence-electron chi connectivity index (χ3n) is 3.79. The predicted octanol–water partition coefficient (Wildman–Crippen LogP) is 0.368. The maximum atomic E-state index is 12.2. The molecule has 7 nitrogen and oxygen atoms in total. The first-order chi connectivity index (χ1) is 11.4. The van der Waals surface area contributed by atoms with E-state index in [0.29, 0.717) is 11.7 Å². The highest BCUT2D eigenvalue weighted by atomic mass is 32.2. The van der Waals surface area contributed by atoms with Crippen molar-refractivity contribution in [3.8, 4) is 0 Å². The summed E-state index contributed by atoms with van der Waals surface area (Å²) in [5.41, 5.74) is 5.99. The standard InChI is InChI=1S/C14H29N3O2S.C2H4O2/c1-16-6-2-10-20-11-13(15)14(19)17-7-3-12(4-8-17)5-9-18;1-2(3)4/h12-13,16,18H,2-11,15H2,1H3;1H3,(H,3,4)/t13-;/m0./s1. The van der Waals surface area contributed by atoms with E-state index in [2.05, 4.69) is 5.32 Å². The van der Waals surface area contributed by atoms with Crippen LogP contribution < -0.4 is 11.1 Å². The number of amides is 1. The number of nitrogens with zero attached hydrogens (tertiary/aromatic N) is 1. The minimum absolute atomic E-state index is 0.0913. The highest BCUT2D eigenvalue weighted by molar-refractivity contribution is 7.99. The highest BCUT2D eigenvalue weighted by Crippen LogP contribution is 2.20. The molecular formula is C16H33N3O4S. The molecule has 0 aromatic carbocycles. The van der Waals surface area contributed by atoms with Crippen LogP contribution in [0.2, 0.25) is 0 Å². The van der Waals surface area contributed by atoms with Gasteiger partial charge in [-0.25, -0.2) is 0 Å². The van der Waals surface area contributed by atoms with Crippen LogP contribution in [0, 0.1) is 5.92 Å². The number of piperidine rings is 1. The Morgan fingerprint density at radius 1 is 1.38 bits per heavy atom. The largest absolute Gasteiger partial charge is 0.481 e. The molecule has 5 N–H and O–H groups in total. The summed E-state index contributed by atoms with van der Waals surface area (Å²) in [6.07, 6.45) is 3.95. The van der Waals surface area contributed by atoms with E-state index in [1.807, 2.05) is 11.9 Å². The Labute approximate surface area is 149 Å². The number of carbonyl (C=O) groups is 2. The summed E-state index contributed by atoms with van der Waals surface area (Å²) in [7, 11) is 1.94. The molecule has 1 amide bonds. The van der Waals surface area contributed by atoms with Crippen molar-refractivity contribution in [1.29, 1.82) is 0 Å². The summed E-state index contributed by atoms with van der Waals surface area (Å²) in [5.74, 6) is 1.57. The van der Waals surface area contributed by atoms with Gasteiger partial charge in [0.2, 0.25) is 5.91 Å². The van der Waals surface area contributed by atoms with Crippen molar-refractivity contribution in [3.63, 3.8) is 0 Å². The Morgan fingerprint density at radius 2 is 1.96 bits per heavy atom. The van der Waals surface area contributed by atoms with Crippen LogP contribution in [0.4, 0.5) is 0 Å². The van der Waals surface area contributed by atoms with Gasteiger partial charge in [-0.05, 0) is 50.9 Å². The zero-order valence-electron chi connectivity index (χ0n) is 14.9. The smallest absolute Gasteiger partial charge is 0.300 e. The molecule has 1 heterocycles. The van der Waals surface area contributed by atoms with E-state index in [4.69, 9.17) is 20.7 Å². The second-order valence-corrected chi connectivity index (χ2v) is 7.09. The van der Waals surface area contributed by atoms with E-state index in [0.717, 1.165) is 58.0 Å². The van der Waals surface area contributed by atoms with Gasteiger partial charge in [0.1, 0.15) is 0 Å². The maximum absolute atomic E-state index is 12.2. The van der Waals surface area contributed by atoms with E-state index >= 15 is 0 Å². The van der Waals surface area contributed by atoms with Crippen molar-refractivity contribution in [2.24, 2.45) is 11.7 Å². The van der Waals surface area contributed by atoms with E-state index in [1.54, 1.807) is 11.8 Å². The predicted molar refractivity (Wildman–Crippen MR) is 98.2 cm³/mol. The van der Waals surface area contributed by atoms with Gasteiger partial charge in [-0.3, -0.25) is 9.59 Å². The van der Waals surface area contributed by atoms with Gasteiger partial charge in [-0.1, -0.05) is 0 Å². The third kappa shape index (κ3) is 11.7. The summed E-state index contributed by atoms with van der Waals surface area (Å²) in [5, 5.41) is 19.5. The lowest BCUT2D eigenvalue weighted by Crippen LogP contribution is -2.48. The quantitative estimate of drug-likeness (QED) is 0.437. The van der Waals surface area contributed by atoms with E-state index in [9.17, 15) is 4.79 Å². The number of thioether (sulfide) groups is 1. The van der Waals surface area contributed by atoms with Crippen LogP contribution in [0.15, 0.2) is 0 Å². The molecule has 1 aliphatic rings. The summed E-state index contributed by atoms with van der Waals surface area (Å²) < 4.78 is 0. The average molecular weight is 364 g/mol. The Balaban J connectivity index is 0.00000118. The number of rotatable bonds is 9. The number of carboxylic acids is 1. The fourth-order valence-electron chi connectivity index (χ4n) is 2.49. The fourth-order valence-corrected chi connectivity index (χ4v) is 3.40. The zero-order chi connectivity index (χ0) is 18.4.